The monoisotopic (exact) mass is 345 g/mol. The lowest BCUT2D eigenvalue weighted by atomic mass is 10.0. The number of amides is 3. The van der Waals surface area contributed by atoms with E-state index in [4.69, 9.17) is 10.5 Å². The van der Waals surface area contributed by atoms with E-state index in [1.165, 1.54) is 19.2 Å². The van der Waals surface area contributed by atoms with Crippen LogP contribution < -0.4 is 15.8 Å². The first-order chi connectivity index (χ1) is 11.9. The highest BCUT2D eigenvalue weighted by Gasteiger charge is 2.26. The number of carbonyl (C=O) groups is 2. The van der Waals surface area contributed by atoms with Crippen LogP contribution in [0.25, 0.3) is 0 Å². The third-order valence-electron chi connectivity index (χ3n) is 3.70. The number of ether oxygens (including phenoxy) is 1. The van der Waals surface area contributed by atoms with E-state index in [2.05, 4.69) is 5.32 Å². The molecule has 0 fully saturated rings. The van der Waals surface area contributed by atoms with Gasteiger partial charge in [0.15, 0.2) is 11.6 Å². The largest absolute Gasteiger partial charge is 0.494 e. The summed E-state index contributed by atoms with van der Waals surface area (Å²) >= 11 is 0. The van der Waals surface area contributed by atoms with Crippen molar-refractivity contribution in [2.45, 2.75) is 12.6 Å². The lowest BCUT2D eigenvalue weighted by molar-refractivity contribution is -0.125. The van der Waals surface area contributed by atoms with E-state index in [0.717, 1.165) is 0 Å². The fourth-order valence-electron chi connectivity index (χ4n) is 2.62. The normalized spacial score (nSPS) is 11.8. The number of nitrogens with two attached hydrogens (primary N) is 1. The maximum absolute atomic E-state index is 13.9. The number of rotatable bonds is 6. The lowest BCUT2D eigenvalue weighted by Gasteiger charge is -2.27. The summed E-state index contributed by atoms with van der Waals surface area (Å²) in [6.07, 6.45) is 0. The zero-order valence-electron chi connectivity index (χ0n) is 14.0. The van der Waals surface area contributed by atoms with Crippen LogP contribution in [0.5, 0.6) is 5.75 Å². The molecule has 6 nitrogen and oxygen atoms in total. The standard InChI is InChI=1S/C18H20FN3O3/c1-22(11-12-8-9-15(25-2)14(19)10-12)16(17(23)21-18(20)24)13-6-4-3-5-7-13/h3-10,16H,11H2,1-2H3,(H3,20,21,23,24)/t16-/m1/s1. The highest BCUT2D eigenvalue weighted by Crippen LogP contribution is 2.24. The smallest absolute Gasteiger partial charge is 0.318 e. The van der Waals surface area contributed by atoms with Crippen LogP contribution in [0.3, 0.4) is 0 Å². The van der Waals surface area contributed by atoms with E-state index in [9.17, 15) is 14.0 Å². The summed E-state index contributed by atoms with van der Waals surface area (Å²) in [5, 5.41) is 2.10. The number of hydrogen-bond donors (Lipinski definition) is 2. The molecule has 0 bridgehead atoms. The van der Waals surface area contributed by atoms with Crippen molar-refractivity contribution in [1.82, 2.24) is 10.2 Å². The van der Waals surface area contributed by atoms with Crippen molar-refractivity contribution in [3.05, 3.63) is 65.5 Å². The molecule has 0 aromatic heterocycles. The number of methoxy groups -OCH3 is 1. The van der Waals surface area contributed by atoms with Crippen LogP contribution in [0.15, 0.2) is 48.5 Å². The maximum atomic E-state index is 13.9. The van der Waals surface area contributed by atoms with Crippen molar-refractivity contribution in [3.63, 3.8) is 0 Å². The van der Waals surface area contributed by atoms with E-state index >= 15 is 0 Å². The molecule has 0 aliphatic rings. The average Bonchev–Trinajstić information content (AvgIpc) is 2.55. The highest BCUT2D eigenvalue weighted by molar-refractivity contribution is 5.96. The lowest BCUT2D eigenvalue weighted by Crippen LogP contribution is -2.43. The van der Waals surface area contributed by atoms with Gasteiger partial charge in [-0.15, -0.1) is 0 Å². The van der Waals surface area contributed by atoms with Gasteiger partial charge in [0, 0.05) is 6.54 Å². The van der Waals surface area contributed by atoms with Crippen LogP contribution >= 0.6 is 0 Å². The summed E-state index contributed by atoms with van der Waals surface area (Å²) < 4.78 is 18.8. The minimum absolute atomic E-state index is 0.150. The number of carbonyl (C=O) groups excluding carboxylic acids is 2. The maximum Gasteiger partial charge on any atom is 0.318 e. The number of nitrogens with zero attached hydrogens (tertiary/aromatic N) is 1. The molecule has 0 heterocycles. The Kier molecular flexibility index (Phi) is 6.08. The second-order valence-electron chi connectivity index (χ2n) is 5.55. The first kappa shape index (κ1) is 18.4. The van der Waals surface area contributed by atoms with E-state index in [0.29, 0.717) is 11.1 Å². The number of primary amides is 1. The van der Waals surface area contributed by atoms with Gasteiger partial charge < -0.3 is 10.5 Å². The first-order valence-electron chi connectivity index (χ1n) is 7.60. The van der Waals surface area contributed by atoms with Gasteiger partial charge in [0.05, 0.1) is 7.11 Å². The van der Waals surface area contributed by atoms with Gasteiger partial charge in [-0.2, -0.15) is 0 Å². The molecule has 0 aliphatic carbocycles. The Morgan fingerprint density at radius 3 is 2.48 bits per heavy atom. The number of imide groups is 1. The van der Waals surface area contributed by atoms with Gasteiger partial charge in [-0.1, -0.05) is 36.4 Å². The molecule has 7 heteroatoms. The Bertz CT molecular complexity index is 752. The first-order valence-corrected chi connectivity index (χ1v) is 7.60. The molecule has 2 aromatic carbocycles. The van der Waals surface area contributed by atoms with Crippen LogP contribution in [0.4, 0.5) is 9.18 Å². The summed E-state index contributed by atoms with van der Waals surface area (Å²) in [5.41, 5.74) is 6.41. The molecule has 0 aliphatic heterocycles. The van der Waals surface area contributed by atoms with Crippen LogP contribution in [0.2, 0.25) is 0 Å². The van der Waals surface area contributed by atoms with Crippen LogP contribution in [0, 0.1) is 5.82 Å². The molecule has 1 atom stereocenters. The Balaban J connectivity index is 2.26. The van der Waals surface area contributed by atoms with Gasteiger partial charge in [-0.05, 0) is 30.3 Å². The minimum Gasteiger partial charge on any atom is -0.494 e. The van der Waals surface area contributed by atoms with Gasteiger partial charge in [0.25, 0.3) is 0 Å². The molecule has 2 rings (SSSR count). The molecular formula is C18H20FN3O3. The second-order valence-corrected chi connectivity index (χ2v) is 5.55. The summed E-state index contributed by atoms with van der Waals surface area (Å²) in [4.78, 5) is 25.2. The van der Waals surface area contributed by atoms with Crippen molar-refractivity contribution >= 4 is 11.9 Å². The van der Waals surface area contributed by atoms with E-state index in [-0.39, 0.29) is 12.3 Å². The van der Waals surface area contributed by atoms with Crippen molar-refractivity contribution in [1.29, 1.82) is 0 Å². The summed E-state index contributed by atoms with van der Waals surface area (Å²) in [6, 6.07) is 11.9. The molecule has 0 unspecified atom stereocenters. The topological polar surface area (TPSA) is 84.7 Å². The van der Waals surface area contributed by atoms with Crippen molar-refractivity contribution in [2.24, 2.45) is 5.73 Å². The predicted molar refractivity (Wildman–Crippen MR) is 91.3 cm³/mol. The number of urea groups is 1. The average molecular weight is 345 g/mol. The SMILES string of the molecule is COc1ccc(CN(C)[C@@H](C(=O)NC(N)=O)c2ccccc2)cc1F. The summed E-state index contributed by atoms with van der Waals surface area (Å²) in [7, 11) is 3.10. The van der Waals surface area contributed by atoms with Crippen molar-refractivity contribution in [2.75, 3.05) is 14.2 Å². The molecule has 2 aromatic rings. The molecule has 25 heavy (non-hydrogen) atoms. The summed E-state index contributed by atoms with van der Waals surface area (Å²) in [6.45, 7) is 0.284. The molecule has 0 saturated carbocycles. The van der Waals surface area contributed by atoms with Crippen LogP contribution in [-0.4, -0.2) is 31.0 Å². The zero-order chi connectivity index (χ0) is 18.4. The van der Waals surface area contributed by atoms with E-state index in [1.807, 2.05) is 6.07 Å². The van der Waals surface area contributed by atoms with Gasteiger partial charge in [0.1, 0.15) is 6.04 Å². The Morgan fingerprint density at radius 2 is 1.92 bits per heavy atom. The van der Waals surface area contributed by atoms with Gasteiger partial charge in [-0.3, -0.25) is 15.0 Å². The Labute approximate surface area is 145 Å². The molecular weight excluding hydrogens is 325 g/mol. The highest BCUT2D eigenvalue weighted by atomic mass is 19.1. The summed E-state index contributed by atoms with van der Waals surface area (Å²) in [5.74, 6) is -0.876. The molecule has 3 N–H and O–H groups in total. The molecule has 0 saturated heterocycles. The Hall–Kier alpha value is -2.93. The number of hydrogen-bond acceptors (Lipinski definition) is 4. The molecule has 0 spiro atoms. The fourth-order valence-corrected chi connectivity index (χ4v) is 2.62. The quantitative estimate of drug-likeness (QED) is 0.841. The number of nitrogens with one attached hydrogen (secondary N) is 1. The fraction of sp³-hybridized carbons (Fsp3) is 0.222. The molecule has 3 amide bonds. The zero-order valence-corrected chi connectivity index (χ0v) is 14.0. The van der Waals surface area contributed by atoms with E-state index < -0.39 is 23.8 Å². The Morgan fingerprint density at radius 1 is 1.24 bits per heavy atom. The number of halogens is 1. The third kappa shape index (κ3) is 4.77. The predicted octanol–water partition coefficient (Wildman–Crippen LogP) is 2.20. The van der Waals surface area contributed by atoms with Gasteiger partial charge >= 0.3 is 6.03 Å². The van der Waals surface area contributed by atoms with Crippen molar-refractivity contribution < 1.29 is 18.7 Å². The van der Waals surface area contributed by atoms with E-state index in [1.54, 1.807) is 42.3 Å². The minimum atomic E-state index is -0.921. The van der Waals surface area contributed by atoms with Gasteiger partial charge in [-0.25, -0.2) is 9.18 Å². The number of likely N-dealkylation sites (N-methyl/N-ethyl adjacent to an activating group) is 1. The molecule has 132 valence electrons. The molecule has 0 radical (unpaired) electrons. The third-order valence-corrected chi connectivity index (χ3v) is 3.70. The number of benzene rings is 2. The van der Waals surface area contributed by atoms with Crippen LogP contribution in [0.1, 0.15) is 17.2 Å². The van der Waals surface area contributed by atoms with Crippen molar-refractivity contribution in [3.8, 4) is 5.75 Å². The second kappa shape index (κ2) is 8.25. The van der Waals surface area contributed by atoms with Gasteiger partial charge in [0.2, 0.25) is 5.91 Å². The van der Waals surface area contributed by atoms with Crippen LogP contribution in [-0.2, 0) is 11.3 Å².